The number of pyridine rings is 2. The van der Waals surface area contributed by atoms with Gasteiger partial charge in [0, 0.05) is 43.4 Å². The molecule has 0 bridgehead atoms. The molecular weight excluding hydrogens is 302 g/mol. The third-order valence-electron chi connectivity index (χ3n) is 4.38. The Hall–Kier alpha value is -2.60. The molecule has 3 aromatic heterocycles. The van der Waals surface area contributed by atoms with E-state index in [0.29, 0.717) is 11.8 Å². The molecular formula is C18H19N5O. The Morgan fingerprint density at radius 2 is 1.75 bits per heavy atom. The molecule has 4 heterocycles. The molecule has 0 aromatic carbocycles. The van der Waals surface area contributed by atoms with Crippen LogP contribution in [0.15, 0.2) is 53.5 Å². The van der Waals surface area contributed by atoms with Crippen LogP contribution in [-0.2, 0) is 6.54 Å². The second-order valence-corrected chi connectivity index (χ2v) is 6.11. The molecule has 0 radical (unpaired) electrons. The number of rotatable bonds is 4. The fourth-order valence-electron chi connectivity index (χ4n) is 3.16. The maximum Gasteiger partial charge on any atom is 0.247 e. The van der Waals surface area contributed by atoms with Crippen molar-refractivity contribution in [3.05, 3.63) is 60.5 Å². The monoisotopic (exact) mass is 321 g/mol. The molecule has 1 saturated heterocycles. The number of piperidine rings is 1. The second kappa shape index (κ2) is 6.88. The Labute approximate surface area is 140 Å². The highest BCUT2D eigenvalue weighted by molar-refractivity contribution is 5.50. The first-order valence-corrected chi connectivity index (χ1v) is 8.23. The summed E-state index contributed by atoms with van der Waals surface area (Å²) < 4.78 is 5.92. The van der Waals surface area contributed by atoms with Crippen LogP contribution in [0.2, 0.25) is 0 Å². The second-order valence-electron chi connectivity index (χ2n) is 6.11. The van der Waals surface area contributed by atoms with Gasteiger partial charge in [0.25, 0.3) is 0 Å². The molecule has 6 heteroatoms. The first-order valence-electron chi connectivity index (χ1n) is 8.23. The topological polar surface area (TPSA) is 67.9 Å². The summed E-state index contributed by atoms with van der Waals surface area (Å²) in [4.78, 5) is 10.5. The maximum absolute atomic E-state index is 5.92. The Morgan fingerprint density at radius 1 is 1.00 bits per heavy atom. The molecule has 0 N–H and O–H groups in total. The Kier molecular flexibility index (Phi) is 4.29. The van der Waals surface area contributed by atoms with Gasteiger partial charge in [0.15, 0.2) is 0 Å². The largest absolute Gasteiger partial charge is 0.420 e. The minimum atomic E-state index is 0.295. The molecule has 3 aromatic rings. The van der Waals surface area contributed by atoms with Crippen LogP contribution in [0.4, 0.5) is 0 Å². The smallest absolute Gasteiger partial charge is 0.247 e. The van der Waals surface area contributed by atoms with Crippen molar-refractivity contribution in [2.45, 2.75) is 25.3 Å². The van der Waals surface area contributed by atoms with Crippen LogP contribution in [0.3, 0.4) is 0 Å². The van der Waals surface area contributed by atoms with Gasteiger partial charge < -0.3 is 4.42 Å². The van der Waals surface area contributed by atoms with Gasteiger partial charge in [-0.25, -0.2) is 0 Å². The maximum atomic E-state index is 5.92. The lowest BCUT2D eigenvalue weighted by Gasteiger charge is -2.30. The molecule has 0 aliphatic carbocycles. The Morgan fingerprint density at radius 3 is 2.54 bits per heavy atom. The van der Waals surface area contributed by atoms with E-state index < -0.39 is 0 Å². The molecule has 4 rings (SSSR count). The van der Waals surface area contributed by atoms with Gasteiger partial charge >= 0.3 is 0 Å². The van der Waals surface area contributed by atoms with Crippen molar-refractivity contribution >= 4 is 0 Å². The average Bonchev–Trinajstić information content (AvgIpc) is 3.14. The van der Waals surface area contributed by atoms with Gasteiger partial charge in [0.2, 0.25) is 11.8 Å². The summed E-state index contributed by atoms with van der Waals surface area (Å²) in [7, 11) is 0. The quantitative estimate of drug-likeness (QED) is 0.736. The lowest BCUT2D eigenvalue weighted by atomic mass is 9.97. The van der Waals surface area contributed by atoms with E-state index in [4.69, 9.17) is 4.42 Å². The summed E-state index contributed by atoms with van der Waals surface area (Å²) in [5, 5.41) is 8.48. The lowest BCUT2D eigenvalue weighted by Crippen LogP contribution is -2.34. The molecule has 0 saturated carbocycles. The summed E-state index contributed by atoms with van der Waals surface area (Å²) >= 11 is 0. The lowest BCUT2D eigenvalue weighted by molar-refractivity contribution is 0.186. The normalized spacial score (nSPS) is 18.6. The predicted octanol–water partition coefficient (Wildman–Crippen LogP) is 2.91. The van der Waals surface area contributed by atoms with Gasteiger partial charge in [-0.2, -0.15) is 0 Å². The molecule has 24 heavy (non-hydrogen) atoms. The number of nitrogens with zero attached hydrogens (tertiary/aromatic N) is 5. The van der Waals surface area contributed by atoms with E-state index in [9.17, 15) is 0 Å². The van der Waals surface area contributed by atoms with Crippen LogP contribution in [0.1, 0.15) is 30.2 Å². The van der Waals surface area contributed by atoms with E-state index in [1.807, 2.05) is 24.5 Å². The molecule has 1 unspecified atom stereocenters. The zero-order valence-electron chi connectivity index (χ0n) is 13.4. The molecule has 122 valence electrons. The third-order valence-corrected chi connectivity index (χ3v) is 4.38. The molecule has 1 atom stereocenters. The van der Waals surface area contributed by atoms with Gasteiger partial charge in [-0.3, -0.25) is 14.9 Å². The van der Waals surface area contributed by atoms with Crippen LogP contribution in [0.5, 0.6) is 0 Å². The van der Waals surface area contributed by atoms with Crippen LogP contribution in [0.25, 0.3) is 11.5 Å². The zero-order valence-corrected chi connectivity index (χ0v) is 13.4. The first-order chi connectivity index (χ1) is 11.9. The number of likely N-dealkylation sites (tertiary alicyclic amines) is 1. The Bertz CT molecular complexity index is 774. The number of aromatic nitrogens is 4. The van der Waals surface area contributed by atoms with Crippen LogP contribution < -0.4 is 0 Å². The third kappa shape index (κ3) is 3.33. The van der Waals surface area contributed by atoms with Gasteiger partial charge in [-0.15, -0.1) is 10.2 Å². The summed E-state index contributed by atoms with van der Waals surface area (Å²) in [6.07, 6.45) is 9.38. The van der Waals surface area contributed by atoms with Crippen molar-refractivity contribution in [1.82, 2.24) is 25.1 Å². The van der Waals surface area contributed by atoms with E-state index >= 15 is 0 Å². The SMILES string of the molecule is c1cc(CN2CCCC(c3nnc(-c4ccncc4)o3)C2)ccn1. The fourth-order valence-corrected chi connectivity index (χ4v) is 3.16. The minimum absolute atomic E-state index is 0.295. The van der Waals surface area contributed by atoms with Crippen LogP contribution in [-0.4, -0.2) is 38.2 Å². The highest BCUT2D eigenvalue weighted by atomic mass is 16.4. The molecule has 0 amide bonds. The summed E-state index contributed by atoms with van der Waals surface area (Å²) in [5.74, 6) is 1.60. The summed E-state index contributed by atoms with van der Waals surface area (Å²) in [5.41, 5.74) is 2.20. The van der Waals surface area contributed by atoms with Crippen molar-refractivity contribution in [3.63, 3.8) is 0 Å². The van der Waals surface area contributed by atoms with Gasteiger partial charge in [0.1, 0.15) is 0 Å². The minimum Gasteiger partial charge on any atom is -0.420 e. The summed E-state index contributed by atoms with van der Waals surface area (Å²) in [6, 6.07) is 7.90. The van der Waals surface area contributed by atoms with E-state index in [1.54, 1.807) is 12.4 Å². The average molecular weight is 321 g/mol. The first kappa shape index (κ1) is 15.0. The van der Waals surface area contributed by atoms with Crippen molar-refractivity contribution in [2.24, 2.45) is 0 Å². The Balaban J connectivity index is 1.45. The van der Waals surface area contributed by atoms with E-state index in [2.05, 4.69) is 37.2 Å². The fraction of sp³-hybridized carbons (Fsp3) is 0.333. The highest BCUT2D eigenvalue weighted by Gasteiger charge is 2.26. The highest BCUT2D eigenvalue weighted by Crippen LogP contribution is 2.28. The molecule has 0 spiro atoms. The number of hydrogen-bond acceptors (Lipinski definition) is 6. The van der Waals surface area contributed by atoms with Gasteiger partial charge in [0.05, 0.1) is 5.92 Å². The number of hydrogen-bond donors (Lipinski definition) is 0. The van der Waals surface area contributed by atoms with Crippen molar-refractivity contribution < 1.29 is 4.42 Å². The van der Waals surface area contributed by atoms with Crippen LogP contribution >= 0.6 is 0 Å². The molecule has 6 nitrogen and oxygen atoms in total. The van der Waals surface area contributed by atoms with Crippen molar-refractivity contribution in [2.75, 3.05) is 13.1 Å². The zero-order chi connectivity index (χ0) is 16.2. The van der Waals surface area contributed by atoms with Crippen LogP contribution in [0, 0.1) is 0 Å². The van der Waals surface area contributed by atoms with Gasteiger partial charge in [-0.05, 0) is 49.2 Å². The van der Waals surface area contributed by atoms with E-state index in [0.717, 1.165) is 43.9 Å². The van der Waals surface area contributed by atoms with E-state index in [-0.39, 0.29) is 0 Å². The predicted molar refractivity (Wildman–Crippen MR) is 89.0 cm³/mol. The van der Waals surface area contributed by atoms with Crippen molar-refractivity contribution in [3.8, 4) is 11.5 Å². The standard InChI is InChI=1S/C18H19N5O/c1-2-16(13-23(11-1)12-14-3-7-19-8-4-14)18-22-21-17(24-18)15-5-9-20-10-6-15/h3-10,16H,1-2,11-13H2. The summed E-state index contributed by atoms with van der Waals surface area (Å²) in [6.45, 7) is 2.98. The molecule has 1 aliphatic heterocycles. The molecule has 1 aliphatic rings. The molecule has 1 fully saturated rings. The van der Waals surface area contributed by atoms with Crippen molar-refractivity contribution in [1.29, 1.82) is 0 Å². The van der Waals surface area contributed by atoms with Gasteiger partial charge in [-0.1, -0.05) is 0 Å². The van der Waals surface area contributed by atoms with E-state index in [1.165, 1.54) is 5.56 Å².